The summed E-state index contributed by atoms with van der Waals surface area (Å²) < 4.78 is 22.6. The van der Waals surface area contributed by atoms with Gasteiger partial charge in [0.15, 0.2) is 5.96 Å². The fourth-order valence-electron chi connectivity index (χ4n) is 1.58. The number of halogens is 1. The van der Waals surface area contributed by atoms with E-state index in [1.165, 1.54) is 29.6 Å². The van der Waals surface area contributed by atoms with Crippen LogP contribution in [-0.2, 0) is 16.6 Å². The summed E-state index contributed by atoms with van der Waals surface area (Å²) >= 11 is 3.01. The zero-order valence-corrected chi connectivity index (χ0v) is 17.4. The van der Waals surface area contributed by atoms with Gasteiger partial charge in [0, 0.05) is 18.5 Å². The minimum Gasteiger partial charge on any atom is -0.356 e. The number of thioether (sulfide) groups is 1. The van der Waals surface area contributed by atoms with E-state index >= 15 is 0 Å². The van der Waals surface area contributed by atoms with Crippen molar-refractivity contribution in [3.63, 3.8) is 0 Å². The topological polar surface area (TPSA) is 96.6 Å². The van der Waals surface area contributed by atoms with Crippen molar-refractivity contribution in [1.29, 1.82) is 0 Å². The van der Waals surface area contributed by atoms with Crippen LogP contribution in [0.5, 0.6) is 0 Å². The minimum absolute atomic E-state index is 0. The molecule has 0 amide bonds. The summed E-state index contributed by atoms with van der Waals surface area (Å²) in [6, 6.07) is 3.28. The van der Waals surface area contributed by atoms with Crippen molar-refractivity contribution in [2.75, 3.05) is 25.6 Å². The van der Waals surface area contributed by atoms with Crippen LogP contribution in [0.15, 0.2) is 21.3 Å². The Bertz CT molecular complexity index is 560. The van der Waals surface area contributed by atoms with Gasteiger partial charge in [-0.15, -0.1) is 35.3 Å². The second-order valence-corrected chi connectivity index (χ2v) is 8.26. The van der Waals surface area contributed by atoms with Crippen LogP contribution in [-0.4, -0.2) is 40.0 Å². The molecule has 1 rings (SSSR count). The molecule has 1 heterocycles. The van der Waals surface area contributed by atoms with E-state index in [0.29, 0.717) is 12.5 Å². The first-order valence-corrected chi connectivity index (χ1v) is 10.3. The molecule has 0 saturated heterocycles. The van der Waals surface area contributed by atoms with Gasteiger partial charge in [0.2, 0.25) is 10.0 Å². The maximum absolute atomic E-state index is 11.2. The van der Waals surface area contributed by atoms with Crippen LogP contribution in [0.2, 0.25) is 0 Å². The van der Waals surface area contributed by atoms with E-state index in [9.17, 15) is 8.42 Å². The number of primary sulfonamides is 1. The number of nitrogens with one attached hydrogen (secondary N) is 2. The van der Waals surface area contributed by atoms with Gasteiger partial charge in [-0.05, 0) is 37.0 Å². The molecule has 0 radical (unpaired) electrons. The molecular formula is C12H23IN4O2S3. The molecule has 10 heteroatoms. The maximum Gasteiger partial charge on any atom is 0.247 e. The summed E-state index contributed by atoms with van der Waals surface area (Å²) in [5.41, 5.74) is 0. The van der Waals surface area contributed by atoms with Gasteiger partial charge in [0.1, 0.15) is 4.21 Å². The van der Waals surface area contributed by atoms with Gasteiger partial charge in [-0.1, -0.05) is 0 Å². The average Bonchev–Trinajstić information content (AvgIpc) is 2.91. The van der Waals surface area contributed by atoms with Gasteiger partial charge < -0.3 is 10.6 Å². The monoisotopic (exact) mass is 478 g/mol. The van der Waals surface area contributed by atoms with Gasteiger partial charge in [0.25, 0.3) is 0 Å². The normalized spacial score (nSPS) is 11.9. The van der Waals surface area contributed by atoms with E-state index in [-0.39, 0.29) is 28.2 Å². The lowest BCUT2D eigenvalue weighted by molar-refractivity contribution is 0.600. The van der Waals surface area contributed by atoms with E-state index < -0.39 is 10.0 Å². The van der Waals surface area contributed by atoms with Crippen molar-refractivity contribution in [2.24, 2.45) is 10.1 Å². The molecule has 0 saturated carbocycles. The largest absolute Gasteiger partial charge is 0.356 e. The van der Waals surface area contributed by atoms with Crippen LogP contribution in [0.1, 0.15) is 17.7 Å². The number of sulfonamides is 1. The lowest BCUT2D eigenvalue weighted by atomic mass is 10.3. The molecule has 0 atom stereocenters. The number of hydrogen-bond donors (Lipinski definition) is 3. The number of hydrogen-bond acceptors (Lipinski definition) is 5. The summed E-state index contributed by atoms with van der Waals surface area (Å²) in [6.07, 6.45) is 4.37. The Morgan fingerprint density at radius 3 is 2.64 bits per heavy atom. The Morgan fingerprint density at radius 1 is 1.36 bits per heavy atom. The standard InChI is InChI=1S/C12H22N4O2S3.HI/c1-14-12(15-7-3-4-8-19-2)16-9-10-5-6-11(20-10)21(13,17)18;/h5-6H,3-4,7-9H2,1-2H3,(H2,13,17,18)(H2,14,15,16);1H. The molecule has 6 nitrogen and oxygen atoms in total. The van der Waals surface area contributed by atoms with Gasteiger partial charge in [-0.25, -0.2) is 13.6 Å². The predicted molar refractivity (Wildman–Crippen MR) is 107 cm³/mol. The highest BCUT2D eigenvalue weighted by Crippen LogP contribution is 2.19. The van der Waals surface area contributed by atoms with E-state index in [0.717, 1.165) is 17.8 Å². The number of nitrogens with two attached hydrogens (primary N) is 1. The zero-order chi connectivity index (χ0) is 15.7. The Hall–Kier alpha value is -0.0400. The first-order chi connectivity index (χ1) is 9.97. The fraction of sp³-hybridized carbons (Fsp3) is 0.583. The van der Waals surface area contributed by atoms with Gasteiger partial charge >= 0.3 is 0 Å². The van der Waals surface area contributed by atoms with E-state index in [1.807, 2.05) is 11.8 Å². The highest BCUT2D eigenvalue weighted by molar-refractivity contribution is 14.0. The van der Waals surface area contributed by atoms with Crippen molar-refractivity contribution in [2.45, 2.75) is 23.6 Å². The SMILES string of the molecule is CN=C(NCCCCSC)NCc1ccc(S(N)(=O)=O)s1.I. The summed E-state index contributed by atoms with van der Waals surface area (Å²) in [5.74, 6) is 1.88. The Balaban J connectivity index is 0.00000441. The summed E-state index contributed by atoms with van der Waals surface area (Å²) in [7, 11) is -1.90. The van der Waals surface area contributed by atoms with Gasteiger partial charge in [-0.3, -0.25) is 4.99 Å². The molecule has 0 aliphatic carbocycles. The second-order valence-electron chi connectivity index (χ2n) is 4.32. The molecule has 1 aromatic heterocycles. The van der Waals surface area contributed by atoms with E-state index in [2.05, 4.69) is 21.9 Å². The Kier molecular flexibility index (Phi) is 11.5. The third-order valence-electron chi connectivity index (χ3n) is 2.64. The van der Waals surface area contributed by atoms with Crippen LogP contribution in [0.3, 0.4) is 0 Å². The Morgan fingerprint density at radius 2 is 2.09 bits per heavy atom. The molecule has 0 spiro atoms. The van der Waals surface area contributed by atoms with E-state index in [1.54, 1.807) is 13.1 Å². The molecule has 1 aromatic rings. The molecule has 0 unspecified atom stereocenters. The second kappa shape index (κ2) is 11.5. The first kappa shape index (κ1) is 22.0. The molecule has 0 fully saturated rings. The van der Waals surface area contributed by atoms with Gasteiger partial charge in [-0.2, -0.15) is 11.8 Å². The van der Waals surface area contributed by atoms with Crippen LogP contribution < -0.4 is 15.8 Å². The molecular weight excluding hydrogens is 455 g/mol. The number of rotatable bonds is 8. The predicted octanol–water partition coefficient (Wildman–Crippen LogP) is 1.82. The molecule has 22 heavy (non-hydrogen) atoms. The third kappa shape index (κ3) is 8.56. The van der Waals surface area contributed by atoms with Crippen molar-refractivity contribution < 1.29 is 8.42 Å². The molecule has 0 aromatic carbocycles. The highest BCUT2D eigenvalue weighted by atomic mass is 127. The van der Waals surface area contributed by atoms with Crippen LogP contribution in [0.4, 0.5) is 0 Å². The van der Waals surface area contributed by atoms with Crippen molar-refractivity contribution in [1.82, 2.24) is 10.6 Å². The molecule has 0 aliphatic heterocycles. The van der Waals surface area contributed by atoms with Crippen molar-refractivity contribution in [3.05, 3.63) is 17.0 Å². The van der Waals surface area contributed by atoms with Crippen molar-refractivity contribution in [3.8, 4) is 0 Å². The highest BCUT2D eigenvalue weighted by Gasteiger charge is 2.11. The third-order valence-corrected chi connectivity index (χ3v) is 5.86. The van der Waals surface area contributed by atoms with Gasteiger partial charge in [0.05, 0.1) is 6.54 Å². The molecule has 0 aliphatic rings. The van der Waals surface area contributed by atoms with Crippen molar-refractivity contribution >= 4 is 63.1 Å². The zero-order valence-electron chi connectivity index (χ0n) is 12.7. The number of aliphatic imine (C=N–C) groups is 1. The maximum atomic E-state index is 11.2. The smallest absolute Gasteiger partial charge is 0.247 e. The summed E-state index contributed by atoms with van der Waals surface area (Å²) in [5, 5.41) is 11.5. The first-order valence-electron chi connectivity index (χ1n) is 6.52. The number of thiophene rings is 1. The Labute approximate surface area is 157 Å². The van der Waals surface area contributed by atoms with Crippen LogP contribution >= 0.6 is 47.1 Å². The van der Waals surface area contributed by atoms with Crippen LogP contribution in [0, 0.1) is 0 Å². The number of guanidine groups is 1. The number of nitrogens with zero attached hydrogens (tertiary/aromatic N) is 1. The lowest BCUT2D eigenvalue weighted by Gasteiger charge is -2.10. The molecule has 0 bridgehead atoms. The fourth-order valence-corrected chi connectivity index (χ4v) is 3.79. The molecule has 128 valence electrons. The minimum atomic E-state index is -3.61. The summed E-state index contributed by atoms with van der Waals surface area (Å²) in [4.78, 5) is 5.02. The summed E-state index contributed by atoms with van der Waals surface area (Å²) in [6.45, 7) is 1.39. The quantitative estimate of drug-likeness (QED) is 0.229. The lowest BCUT2D eigenvalue weighted by Crippen LogP contribution is -2.37. The number of unbranched alkanes of at least 4 members (excludes halogenated alkanes) is 1. The molecule has 4 N–H and O–H groups in total. The average molecular weight is 478 g/mol. The van der Waals surface area contributed by atoms with E-state index in [4.69, 9.17) is 5.14 Å². The van der Waals surface area contributed by atoms with Crippen LogP contribution in [0.25, 0.3) is 0 Å².